The molecule has 1 nitrogen and oxygen atoms in total. The predicted molar refractivity (Wildman–Crippen MR) is 52.1 cm³/mol. The first-order valence-corrected chi connectivity index (χ1v) is 4.77. The van der Waals surface area contributed by atoms with E-state index in [-0.39, 0.29) is 5.92 Å². The summed E-state index contributed by atoms with van der Waals surface area (Å²) in [5.41, 5.74) is 1.40. The lowest BCUT2D eigenvalue weighted by molar-refractivity contribution is 0.622. The molecule has 0 bridgehead atoms. The van der Waals surface area contributed by atoms with Crippen LogP contribution in [-0.2, 0) is 0 Å². The van der Waals surface area contributed by atoms with Crippen LogP contribution >= 0.6 is 0 Å². The lowest BCUT2D eigenvalue weighted by Crippen LogP contribution is -1.94. The molecule has 1 heteroatoms. The fraction of sp³-hybridized carbons (Fsp3) is 0.417. The van der Waals surface area contributed by atoms with Crippen LogP contribution < -0.4 is 0 Å². The Morgan fingerprint density at radius 3 is 2.69 bits per heavy atom. The maximum Gasteiger partial charge on any atom is 0.0656 e. The highest BCUT2D eigenvalue weighted by Gasteiger charge is 2.41. The van der Waals surface area contributed by atoms with E-state index in [1.165, 1.54) is 12.0 Å². The summed E-state index contributed by atoms with van der Waals surface area (Å²) < 4.78 is 0. The second-order valence-corrected chi connectivity index (χ2v) is 3.83. The van der Waals surface area contributed by atoms with Gasteiger partial charge in [-0.05, 0) is 30.7 Å². The topological polar surface area (TPSA) is 23.8 Å². The molecule has 0 aromatic heterocycles. The van der Waals surface area contributed by atoms with Crippen molar-refractivity contribution in [1.82, 2.24) is 0 Å². The molecule has 13 heavy (non-hydrogen) atoms. The van der Waals surface area contributed by atoms with E-state index in [4.69, 9.17) is 5.26 Å². The highest BCUT2D eigenvalue weighted by atomic mass is 14.5. The number of hydrogen-bond acceptors (Lipinski definition) is 1. The van der Waals surface area contributed by atoms with Gasteiger partial charge in [0.1, 0.15) is 0 Å². The van der Waals surface area contributed by atoms with E-state index in [0.717, 1.165) is 0 Å². The van der Waals surface area contributed by atoms with Gasteiger partial charge in [-0.15, -0.1) is 0 Å². The number of nitriles is 1. The van der Waals surface area contributed by atoms with Crippen LogP contribution in [0.1, 0.15) is 24.8 Å². The standard InChI is InChI=1S/C12H13N/c1-9(8-13)11-7-12(11)10-5-3-2-4-6-10/h2-6,9,11-12H,7H2,1H3/t9?,11-,12-/m0/s1. The van der Waals surface area contributed by atoms with Crippen molar-refractivity contribution in [1.29, 1.82) is 5.26 Å². The summed E-state index contributed by atoms with van der Waals surface area (Å²) in [5.74, 6) is 1.47. The Morgan fingerprint density at radius 1 is 1.38 bits per heavy atom. The fourth-order valence-corrected chi connectivity index (χ4v) is 1.95. The molecule has 1 aromatic rings. The lowest BCUT2D eigenvalue weighted by Gasteiger charge is -2.00. The van der Waals surface area contributed by atoms with Gasteiger partial charge >= 0.3 is 0 Å². The molecule has 3 atom stereocenters. The SMILES string of the molecule is CC(C#N)[C@@H]1C[C@H]1c1ccccc1. The minimum absolute atomic E-state index is 0.213. The molecule has 2 rings (SSSR count). The van der Waals surface area contributed by atoms with E-state index in [9.17, 15) is 0 Å². The maximum absolute atomic E-state index is 8.76. The monoisotopic (exact) mass is 171 g/mol. The van der Waals surface area contributed by atoms with Crippen molar-refractivity contribution in [2.45, 2.75) is 19.3 Å². The molecule has 66 valence electrons. The van der Waals surface area contributed by atoms with Crippen molar-refractivity contribution < 1.29 is 0 Å². The van der Waals surface area contributed by atoms with Gasteiger partial charge in [-0.2, -0.15) is 5.26 Å². The van der Waals surface area contributed by atoms with Gasteiger partial charge in [0.05, 0.1) is 6.07 Å². The molecule has 1 unspecified atom stereocenters. The minimum Gasteiger partial charge on any atom is -0.198 e. The maximum atomic E-state index is 8.76. The molecule has 0 radical (unpaired) electrons. The molecule has 1 aromatic carbocycles. The summed E-state index contributed by atoms with van der Waals surface area (Å²) in [6.07, 6.45) is 1.19. The van der Waals surface area contributed by atoms with Gasteiger partial charge in [-0.3, -0.25) is 0 Å². The Bertz CT molecular complexity index is 323. The fourth-order valence-electron chi connectivity index (χ4n) is 1.95. The van der Waals surface area contributed by atoms with Crippen LogP contribution in [0.25, 0.3) is 0 Å². The molecule has 0 heterocycles. The zero-order valence-corrected chi connectivity index (χ0v) is 7.77. The summed E-state index contributed by atoms with van der Waals surface area (Å²) in [5, 5.41) is 8.76. The van der Waals surface area contributed by atoms with Gasteiger partial charge in [0.2, 0.25) is 0 Å². The van der Waals surface area contributed by atoms with Gasteiger partial charge in [-0.25, -0.2) is 0 Å². The molecular formula is C12H13N. The number of benzene rings is 1. The van der Waals surface area contributed by atoms with E-state index >= 15 is 0 Å². The van der Waals surface area contributed by atoms with Crippen molar-refractivity contribution in [3.8, 4) is 6.07 Å². The Morgan fingerprint density at radius 2 is 2.08 bits per heavy atom. The predicted octanol–water partition coefficient (Wildman–Crippen LogP) is 2.95. The molecular weight excluding hydrogens is 158 g/mol. The third-order valence-corrected chi connectivity index (χ3v) is 2.91. The number of nitrogens with zero attached hydrogens (tertiary/aromatic N) is 1. The van der Waals surface area contributed by atoms with Crippen LogP contribution in [0.3, 0.4) is 0 Å². The summed E-state index contributed by atoms with van der Waals surface area (Å²) in [6, 6.07) is 12.8. The van der Waals surface area contributed by atoms with Crippen LogP contribution in [0, 0.1) is 23.2 Å². The second kappa shape index (κ2) is 3.22. The smallest absolute Gasteiger partial charge is 0.0656 e. The summed E-state index contributed by atoms with van der Waals surface area (Å²) in [7, 11) is 0. The summed E-state index contributed by atoms with van der Waals surface area (Å²) in [4.78, 5) is 0. The van der Waals surface area contributed by atoms with E-state index in [2.05, 4.69) is 30.3 Å². The largest absolute Gasteiger partial charge is 0.198 e. The van der Waals surface area contributed by atoms with Gasteiger partial charge in [0.25, 0.3) is 0 Å². The normalized spacial score (nSPS) is 27.7. The van der Waals surface area contributed by atoms with Gasteiger partial charge in [0.15, 0.2) is 0 Å². The van der Waals surface area contributed by atoms with E-state index in [0.29, 0.717) is 11.8 Å². The third kappa shape index (κ3) is 1.58. The van der Waals surface area contributed by atoms with Crippen LogP contribution in [0.5, 0.6) is 0 Å². The highest BCUT2D eigenvalue weighted by molar-refractivity contribution is 5.26. The molecule has 0 aliphatic heterocycles. The van der Waals surface area contributed by atoms with Gasteiger partial charge in [0, 0.05) is 5.92 Å². The van der Waals surface area contributed by atoms with Crippen LogP contribution in [0.2, 0.25) is 0 Å². The van der Waals surface area contributed by atoms with Gasteiger partial charge in [-0.1, -0.05) is 30.3 Å². The Labute approximate surface area is 79.0 Å². The first kappa shape index (κ1) is 8.31. The zero-order valence-electron chi connectivity index (χ0n) is 7.77. The molecule has 0 N–H and O–H groups in total. The van der Waals surface area contributed by atoms with Crippen molar-refractivity contribution in [2.75, 3.05) is 0 Å². The van der Waals surface area contributed by atoms with E-state index in [1.807, 2.05) is 13.0 Å². The molecule has 1 fully saturated rings. The van der Waals surface area contributed by atoms with Crippen LogP contribution in [-0.4, -0.2) is 0 Å². The van der Waals surface area contributed by atoms with Crippen molar-refractivity contribution >= 4 is 0 Å². The second-order valence-electron chi connectivity index (χ2n) is 3.83. The molecule has 1 aliphatic carbocycles. The summed E-state index contributed by atoms with van der Waals surface area (Å²) >= 11 is 0. The molecule has 0 saturated heterocycles. The van der Waals surface area contributed by atoms with Crippen molar-refractivity contribution in [3.63, 3.8) is 0 Å². The van der Waals surface area contributed by atoms with Gasteiger partial charge < -0.3 is 0 Å². The molecule has 1 aliphatic rings. The average molecular weight is 171 g/mol. The molecule has 1 saturated carbocycles. The quantitative estimate of drug-likeness (QED) is 0.671. The summed E-state index contributed by atoms with van der Waals surface area (Å²) in [6.45, 7) is 2.02. The highest BCUT2D eigenvalue weighted by Crippen LogP contribution is 2.51. The molecule has 0 spiro atoms. The van der Waals surface area contributed by atoms with E-state index in [1.54, 1.807) is 0 Å². The zero-order chi connectivity index (χ0) is 9.26. The van der Waals surface area contributed by atoms with E-state index < -0.39 is 0 Å². The Balaban J connectivity index is 2.05. The first-order chi connectivity index (χ1) is 6.33. The Kier molecular flexibility index (Phi) is 2.06. The average Bonchev–Trinajstić information content (AvgIpc) is 2.98. The van der Waals surface area contributed by atoms with Crippen molar-refractivity contribution in [2.24, 2.45) is 11.8 Å². The van der Waals surface area contributed by atoms with Crippen molar-refractivity contribution in [3.05, 3.63) is 35.9 Å². The molecule has 0 amide bonds. The first-order valence-electron chi connectivity index (χ1n) is 4.77. The number of hydrogen-bond donors (Lipinski definition) is 0. The Hall–Kier alpha value is -1.29. The van der Waals surface area contributed by atoms with Crippen LogP contribution in [0.15, 0.2) is 30.3 Å². The van der Waals surface area contributed by atoms with Crippen LogP contribution in [0.4, 0.5) is 0 Å². The third-order valence-electron chi connectivity index (χ3n) is 2.91. The number of rotatable bonds is 2. The minimum atomic E-state index is 0.213. The lowest BCUT2D eigenvalue weighted by atomic mass is 10.0.